The lowest BCUT2D eigenvalue weighted by Crippen LogP contribution is -2.43. The number of rotatable bonds is 11. The second-order valence-corrected chi connectivity index (χ2v) is 15.2. The van der Waals surface area contributed by atoms with Gasteiger partial charge in [0.1, 0.15) is 17.9 Å². The van der Waals surface area contributed by atoms with Gasteiger partial charge in [-0.3, -0.25) is 0 Å². The first kappa shape index (κ1) is 38.8. The minimum Gasteiger partial charge on any atom is -0.507 e. The van der Waals surface area contributed by atoms with Crippen molar-refractivity contribution in [1.82, 2.24) is 25.0 Å². The zero-order valence-electron chi connectivity index (χ0n) is 31.9. The number of aliphatic hydroxyl groups is 1. The van der Waals surface area contributed by atoms with Crippen LogP contribution in [0.2, 0.25) is 0 Å². The second-order valence-electron chi connectivity index (χ2n) is 15.2. The number of likely N-dealkylation sites (tertiary alicyclic amines) is 1. The summed E-state index contributed by atoms with van der Waals surface area (Å²) < 4.78 is 11.4. The molecule has 3 aromatic heterocycles. The number of para-hydroxylation sites is 1. The minimum absolute atomic E-state index is 0.0162. The van der Waals surface area contributed by atoms with Gasteiger partial charge in [-0.2, -0.15) is 0 Å². The molecule has 13 heteroatoms. The van der Waals surface area contributed by atoms with Crippen molar-refractivity contribution in [1.29, 1.82) is 0 Å². The van der Waals surface area contributed by atoms with E-state index in [4.69, 9.17) is 35.8 Å². The number of aliphatic hydroxyl groups excluding tert-OH is 1. The number of fused-ring (bicyclic) bond motifs is 1. The highest BCUT2D eigenvalue weighted by atomic mass is 16.5. The van der Waals surface area contributed by atoms with E-state index in [0.29, 0.717) is 59.2 Å². The number of H-pyrrole nitrogens is 1. The number of piperidine rings is 1. The van der Waals surface area contributed by atoms with Crippen molar-refractivity contribution in [3.63, 3.8) is 0 Å². The predicted octanol–water partition coefficient (Wildman–Crippen LogP) is 6.03. The van der Waals surface area contributed by atoms with Gasteiger partial charge in [0.15, 0.2) is 5.76 Å². The van der Waals surface area contributed by atoms with E-state index in [2.05, 4.69) is 26.9 Å². The van der Waals surface area contributed by atoms with Gasteiger partial charge in [-0.05, 0) is 105 Å². The molecule has 3 aliphatic rings. The number of nitrogen functional groups attached to an aromatic ring is 1. The fourth-order valence-electron chi connectivity index (χ4n) is 8.46. The average molecular weight is 741 g/mol. The standard InChI is InChI=1S/C40H52N8O4.CH4O/c1-24(2)32(22-49)36-19-37(46-52-36)51-23-26-8-10-29(11-9-26)47-15-12-27(13-16-47)28-20-43-40(44-21-28)48-17-14-34-38(25(48)3)31(39(42)45-34)18-33(41)30-6-4-5-7-35(30)50;1-2/h4-7,18-22,24-27,29,32,45,50H,8-17,23,41-42H2,1-3H3;2H,1H3/b33-18-;. The van der Waals surface area contributed by atoms with E-state index in [1.165, 1.54) is 18.4 Å². The monoisotopic (exact) mass is 740 g/mol. The molecule has 1 aliphatic carbocycles. The van der Waals surface area contributed by atoms with Crippen molar-refractivity contribution < 1.29 is 24.3 Å². The molecule has 7 rings (SSSR count). The lowest BCUT2D eigenvalue weighted by atomic mass is 9.83. The van der Waals surface area contributed by atoms with Gasteiger partial charge in [0.25, 0.3) is 5.88 Å². The lowest BCUT2D eigenvalue weighted by Gasteiger charge is -2.40. The minimum atomic E-state index is -0.295. The molecule has 5 heterocycles. The van der Waals surface area contributed by atoms with Crippen LogP contribution >= 0.6 is 0 Å². The summed E-state index contributed by atoms with van der Waals surface area (Å²) in [4.78, 5) is 29.5. The first-order chi connectivity index (χ1) is 26.2. The molecule has 1 saturated heterocycles. The van der Waals surface area contributed by atoms with E-state index < -0.39 is 0 Å². The number of benzene rings is 1. The van der Waals surface area contributed by atoms with Crippen LogP contribution in [0.3, 0.4) is 0 Å². The summed E-state index contributed by atoms with van der Waals surface area (Å²) in [7, 11) is 1.00. The molecular formula is C41H56N8O5. The van der Waals surface area contributed by atoms with Crippen LogP contribution < -0.4 is 21.1 Å². The van der Waals surface area contributed by atoms with Gasteiger partial charge in [-0.1, -0.05) is 26.0 Å². The maximum absolute atomic E-state index is 11.4. The van der Waals surface area contributed by atoms with Gasteiger partial charge in [0, 0.05) is 72.7 Å². The number of aromatic hydroxyl groups is 1. The molecule has 290 valence electrons. The second kappa shape index (κ2) is 17.5. The third kappa shape index (κ3) is 8.42. The van der Waals surface area contributed by atoms with Crippen molar-refractivity contribution in [3.05, 3.63) is 76.4 Å². The average Bonchev–Trinajstić information content (AvgIpc) is 3.79. The Hall–Kier alpha value is -4.88. The predicted molar refractivity (Wildman–Crippen MR) is 210 cm³/mol. The number of phenolic OH excluding ortho intramolecular Hbond substituents is 1. The van der Waals surface area contributed by atoms with E-state index in [0.717, 1.165) is 82.0 Å². The van der Waals surface area contributed by atoms with Gasteiger partial charge in [0.2, 0.25) is 5.95 Å². The van der Waals surface area contributed by atoms with Crippen molar-refractivity contribution >= 4 is 29.8 Å². The quantitative estimate of drug-likeness (QED) is 0.112. The maximum Gasteiger partial charge on any atom is 0.254 e. The number of nitrogens with one attached hydrogen (secondary N) is 1. The molecule has 13 nitrogen and oxygen atoms in total. The molecule has 0 spiro atoms. The van der Waals surface area contributed by atoms with Gasteiger partial charge < -0.3 is 50.5 Å². The van der Waals surface area contributed by atoms with Crippen LogP contribution in [0.25, 0.3) is 11.8 Å². The van der Waals surface area contributed by atoms with Gasteiger partial charge in [-0.15, -0.1) is 0 Å². The zero-order chi connectivity index (χ0) is 38.4. The molecule has 2 atom stereocenters. The molecule has 2 unspecified atom stereocenters. The highest BCUT2D eigenvalue weighted by molar-refractivity contribution is 5.86. The number of phenols is 1. The van der Waals surface area contributed by atoms with Crippen molar-refractivity contribution in [3.8, 4) is 11.6 Å². The number of nitrogens with two attached hydrogens (primary N) is 2. The summed E-state index contributed by atoms with van der Waals surface area (Å²) in [6.07, 6.45) is 14.5. The van der Waals surface area contributed by atoms with Gasteiger partial charge in [0.05, 0.1) is 18.6 Å². The summed E-state index contributed by atoms with van der Waals surface area (Å²) in [5.74, 6) is 3.29. The van der Waals surface area contributed by atoms with Crippen LogP contribution in [0, 0.1) is 11.8 Å². The van der Waals surface area contributed by atoms with Gasteiger partial charge >= 0.3 is 0 Å². The summed E-state index contributed by atoms with van der Waals surface area (Å²) in [6.45, 7) is 9.74. The summed E-state index contributed by atoms with van der Waals surface area (Å²) in [5, 5.41) is 21.4. The van der Waals surface area contributed by atoms with Crippen LogP contribution in [0.5, 0.6) is 11.6 Å². The SMILES string of the molecule is CC(C)C(C=O)c1cc(OCC2CCC(N3CCC(c4cnc(N5CCc6[nH]c(N)c(/C=C(\N)c7ccccc7O)c6C5C)nc4)CC3)CC2)no1.CO. The number of carbonyl (C=O) groups excluding carboxylic acids is 1. The summed E-state index contributed by atoms with van der Waals surface area (Å²) >= 11 is 0. The number of carbonyl (C=O) groups is 1. The van der Waals surface area contributed by atoms with Crippen LogP contribution in [0.15, 0.2) is 47.2 Å². The van der Waals surface area contributed by atoms with Crippen molar-refractivity contribution in [2.45, 2.75) is 89.6 Å². The van der Waals surface area contributed by atoms with E-state index in [1.54, 1.807) is 24.3 Å². The molecule has 54 heavy (non-hydrogen) atoms. The molecule has 0 radical (unpaired) electrons. The Bertz CT molecular complexity index is 1850. The molecule has 1 saturated carbocycles. The smallest absolute Gasteiger partial charge is 0.254 e. The zero-order valence-corrected chi connectivity index (χ0v) is 31.9. The fraction of sp³-hybridized carbons (Fsp3) is 0.512. The van der Waals surface area contributed by atoms with Crippen LogP contribution in [-0.4, -0.2) is 80.9 Å². The van der Waals surface area contributed by atoms with E-state index in [9.17, 15) is 9.90 Å². The Morgan fingerprint density at radius 1 is 1.07 bits per heavy atom. The molecule has 0 bridgehead atoms. The fourth-order valence-corrected chi connectivity index (χ4v) is 8.46. The number of aromatic nitrogens is 4. The van der Waals surface area contributed by atoms with Gasteiger partial charge in [-0.25, -0.2) is 9.97 Å². The largest absolute Gasteiger partial charge is 0.507 e. The molecule has 2 aliphatic heterocycles. The number of hydrogen-bond acceptors (Lipinski definition) is 12. The number of nitrogens with zero attached hydrogens (tertiary/aromatic N) is 5. The Balaban J connectivity index is 0.00000245. The Kier molecular flexibility index (Phi) is 12.6. The third-order valence-electron chi connectivity index (χ3n) is 11.6. The Morgan fingerprint density at radius 2 is 1.78 bits per heavy atom. The number of hydrogen-bond donors (Lipinski definition) is 5. The first-order valence-electron chi connectivity index (χ1n) is 19.3. The molecular weight excluding hydrogens is 685 g/mol. The first-order valence-corrected chi connectivity index (χ1v) is 19.3. The highest BCUT2D eigenvalue weighted by Gasteiger charge is 2.33. The van der Waals surface area contributed by atoms with Crippen LogP contribution in [0.4, 0.5) is 11.8 Å². The normalized spacial score (nSPS) is 21.6. The highest BCUT2D eigenvalue weighted by Crippen LogP contribution is 2.39. The lowest BCUT2D eigenvalue weighted by molar-refractivity contribution is -0.110. The van der Waals surface area contributed by atoms with E-state index in [1.807, 2.05) is 38.4 Å². The van der Waals surface area contributed by atoms with E-state index >= 15 is 0 Å². The Morgan fingerprint density at radius 3 is 2.44 bits per heavy atom. The summed E-state index contributed by atoms with van der Waals surface area (Å²) in [5.41, 5.74) is 18.2. The van der Waals surface area contributed by atoms with E-state index in [-0.39, 0.29) is 23.6 Å². The van der Waals surface area contributed by atoms with Crippen molar-refractivity contribution in [2.75, 3.05) is 44.0 Å². The van der Waals surface area contributed by atoms with Crippen molar-refractivity contribution in [2.24, 2.45) is 17.6 Å². The van der Waals surface area contributed by atoms with Crippen LogP contribution in [0.1, 0.15) is 111 Å². The molecule has 1 aromatic carbocycles. The molecule has 0 amide bonds. The number of aromatic amines is 1. The molecule has 4 aromatic rings. The summed E-state index contributed by atoms with van der Waals surface area (Å²) in [6, 6.07) is 9.42. The molecule has 7 N–H and O–H groups in total. The Labute approximate surface area is 317 Å². The third-order valence-corrected chi connectivity index (χ3v) is 11.6. The maximum atomic E-state index is 11.4. The number of aldehydes is 1. The number of anilines is 2. The number of ether oxygens (including phenoxy) is 1. The van der Waals surface area contributed by atoms with Crippen LogP contribution in [-0.2, 0) is 11.2 Å². The molecule has 2 fully saturated rings. The topological polar surface area (TPSA) is 193 Å².